The van der Waals surface area contributed by atoms with E-state index in [1.807, 2.05) is 24.3 Å². The standard InChI is InChI=1S/C71H81F2N13O11S2/c1-71-24-7-26-86(71)69(96)58(29-41-13-18-49(87)19-14-41)81-63(90)37-85-60-12-3-2-10-44(60)15-20-55(68(85)95)82-67(94)57(31-46-35-77-53-22-17-48(73)33-51(46)53)83-66(93)56(30-45-34-76-52-21-16-47(72)32-50(45)52)80-62(89)36-78-65(92)54(11-4-5-25-74)79-61(88)23-27-98-38-42-8-6-9-43(28-42)39-99-40-59(64(75)91)84-70(71)97/h2-3,6,8-10,12-14,16-19,21-22,28,32-35,54-59,76-77,87H,4-5,7,11,15,20,23-27,29-31,36-40,74H2,1H3,(H2,75,91)(H,78,92)(H,79,88)(H,80,89)(H,81,90)(H,82,94)(H,83,93)(H,84,97)/t54-,55+,56-,57+,58-,59-,71-/m0/s1. The van der Waals surface area contributed by atoms with Gasteiger partial charge in [-0.15, -0.1) is 0 Å². The number of aromatic amines is 2. The van der Waals surface area contributed by atoms with E-state index in [0.29, 0.717) is 92.8 Å². The van der Waals surface area contributed by atoms with Gasteiger partial charge in [0.25, 0.3) is 0 Å². The van der Waals surface area contributed by atoms with Crippen LogP contribution >= 0.6 is 23.5 Å². The van der Waals surface area contributed by atoms with Gasteiger partial charge in [0.15, 0.2) is 0 Å². The van der Waals surface area contributed by atoms with Crippen molar-refractivity contribution in [3.63, 3.8) is 0 Å². The summed E-state index contributed by atoms with van der Waals surface area (Å²) in [7, 11) is 0. The monoisotopic (exact) mass is 1390 g/mol. The molecule has 1 saturated heterocycles. The molecule has 0 unspecified atom stereocenters. The molecule has 99 heavy (non-hydrogen) atoms. The predicted octanol–water partition coefficient (Wildman–Crippen LogP) is 4.23. The van der Waals surface area contributed by atoms with Crippen LogP contribution in [0, 0.1) is 11.6 Å². The number of aryl methyl sites for hydroxylation is 1. The normalized spacial score (nSPS) is 22.7. The Labute approximate surface area is 578 Å². The van der Waals surface area contributed by atoms with Crippen LogP contribution in [0.1, 0.15) is 85.3 Å². The molecule has 28 heteroatoms. The van der Waals surface area contributed by atoms with Gasteiger partial charge in [-0.05, 0) is 146 Å². The number of halogens is 2. The molecule has 0 saturated carbocycles. The number of hydrogen-bond donors (Lipinski definition) is 12. The molecule has 1 fully saturated rings. The number of phenols is 1. The maximum absolute atomic E-state index is 15.3. The number of benzene rings is 5. The van der Waals surface area contributed by atoms with Crippen molar-refractivity contribution in [2.45, 2.75) is 131 Å². The van der Waals surface area contributed by atoms with Gasteiger partial charge >= 0.3 is 0 Å². The molecule has 3 aliphatic rings. The number of rotatable bonds is 11. The van der Waals surface area contributed by atoms with Gasteiger partial charge in [-0.25, -0.2) is 8.78 Å². The third-order valence-electron chi connectivity index (χ3n) is 18.1. The average Bonchev–Trinajstić information content (AvgIpc) is 1.69. The number of aromatic nitrogens is 2. The molecule has 14 N–H and O–H groups in total. The van der Waals surface area contributed by atoms with E-state index in [-0.39, 0.29) is 69.4 Å². The van der Waals surface area contributed by atoms with E-state index in [0.717, 1.165) is 11.1 Å². The van der Waals surface area contributed by atoms with Gasteiger partial charge in [0.05, 0.1) is 6.54 Å². The zero-order valence-electron chi connectivity index (χ0n) is 54.6. The van der Waals surface area contributed by atoms with Gasteiger partial charge in [-0.2, -0.15) is 23.5 Å². The third kappa shape index (κ3) is 18.5. The molecule has 0 radical (unpaired) electrons. The van der Waals surface area contributed by atoms with Crippen LogP contribution in [-0.4, -0.2) is 159 Å². The number of nitrogens with two attached hydrogens (primary N) is 2. The minimum Gasteiger partial charge on any atom is -0.508 e. The van der Waals surface area contributed by atoms with Crippen LogP contribution in [-0.2, 0) is 85.1 Å². The summed E-state index contributed by atoms with van der Waals surface area (Å²) in [5.41, 5.74) is 15.3. The molecule has 7 aromatic rings. The second kappa shape index (κ2) is 33.2. The first-order valence-corrected chi connectivity index (χ1v) is 35.2. The van der Waals surface area contributed by atoms with E-state index in [2.05, 4.69) is 47.2 Å². The number of carbonyl (C=O) groups is 10. The number of aromatic hydroxyl groups is 1. The highest BCUT2D eigenvalue weighted by molar-refractivity contribution is 7.98. The van der Waals surface area contributed by atoms with E-state index in [1.165, 1.54) is 94.2 Å². The number of fused-ring (bicyclic) bond motifs is 9. The number of thioether (sulfide) groups is 2. The van der Waals surface area contributed by atoms with E-state index in [9.17, 15) is 42.7 Å². The second-order valence-corrected chi connectivity index (χ2v) is 27.4. The van der Waals surface area contributed by atoms with Crippen molar-refractivity contribution in [2.75, 3.05) is 42.6 Å². The Kier molecular flexibility index (Phi) is 24.1. The van der Waals surface area contributed by atoms with Crippen molar-refractivity contribution >= 4 is 110 Å². The van der Waals surface area contributed by atoms with Crippen molar-refractivity contribution in [3.8, 4) is 5.75 Å². The number of unbranched alkanes of at least 4 members (excludes halogenated alkanes) is 1. The molecule has 0 aliphatic carbocycles. The lowest BCUT2D eigenvalue weighted by atomic mass is 9.95. The predicted molar refractivity (Wildman–Crippen MR) is 372 cm³/mol. The largest absolute Gasteiger partial charge is 0.508 e. The Morgan fingerprint density at radius 2 is 1.28 bits per heavy atom. The molecule has 522 valence electrons. The van der Waals surface area contributed by atoms with E-state index < -0.39 is 126 Å². The number of anilines is 1. The summed E-state index contributed by atoms with van der Waals surface area (Å²) in [6, 6.07) is 20.4. The Morgan fingerprint density at radius 3 is 1.96 bits per heavy atom. The third-order valence-corrected chi connectivity index (χ3v) is 20.3. The Bertz CT molecular complexity index is 4150. The summed E-state index contributed by atoms with van der Waals surface area (Å²) >= 11 is 2.85. The van der Waals surface area contributed by atoms with Crippen LogP contribution in [0.25, 0.3) is 21.8 Å². The number of amides is 10. The minimum absolute atomic E-state index is 0.0163. The number of para-hydroxylation sites is 1. The number of carbonyl (C=O) groups excluding carboxylic acids is 10. The topological polar surface area (TPSA) is 365 Å². The van der Waals surface area contributed by atoms with Gasteiger partial charge < -0.3 is 73.6 Å². The van der Waals surface area contributed by atoms with Crippen LogP contribution in [0.5, 0.6) is 5.75 Å². The van der Waals surface area contributed by atoms with E-state index in [1.54, 1.807) is 43.3 Å². The molecule has 0 spiro atoms. The molecule has 5 aromatic carbocycles. The van der Waals surface area contributed by atoms with Crippen LogP contribution in [0.15, 0.2) is 122 Å². The molecular weight excluding hydrogens is 1310 g/mol. The lowest BCUT2D eigenvalue weighted by Gasteiger charge is -2.37. The van der Waals surface area contributed by atoms with Crippen LogP contribution < -0.4 is 53.6 Å². The van der Waals surface area contributed by atoms with Crippen LogP contribution in [0.2, 0.25) is 0 Å². The first-order chi connectivity index (χ1) is 47.6. The maximum Gasteiger partial charge on any atom is 0.250 e. The molecule has 4 bridgehead atoms. The van der Waals surface area contributed by atoms with Crippen LogP contribution in [0.4, 0.5) is 14.5 Å². The summed E-state index contributed by atoms with van der Waals surface area (Å²) in [4.78, 5) is 154. The Morgan fingerprint density at radius 1 is 0.646 bits per heavy atom. The van der Waals surface area contributed by atoms with Crippen molar-refractivity contribution < 1.29 is 61.8 Å². The SMILES string of the molecule is C[C@@]12CCCN1C(=O)[C@H](Cc1ccc(O)cc1)NC(=O)CN1C(=O)[C@@H](CCc3ccccc31)NC(=O)[C@@H](Cc1c[nH]c3ccc(F)cc13)NC(=O)[C@H](Cc1c[nH]c3ccc(F)cc13)NC(=O)CNC(=O)[C@H](CCCCN)NC(=O)CCSCc1cccc(c1)CSC[C@@H](C(N)=O)NC2=O. The molecule has 2 aromatic heterocycles. The number of phenolic OH excluding ortho intramolecular Hbond substituents is 1. The Balaban J connectivity index is 0.974. The second-order valence-electron chi connectivity index (χ2n) is 25.3. The average molecular weight is 1390 g/mol. The number of primary amides is 1. The van der Waals surface area contributed by atoms with Gasteiger partial charge in [0.2, 0.25) is 59.1 Å². The van der Waals surface area contributed by atoms with E-state index in [4.69, 9.17) is 11.5 Å². The number of H-pyrrole nitrogens is 2. The molecule has 5 heterocycles. The summed E-state index contributed by atoms with van der Waals surface area (Å²) in [5, 5.41) is 30.3. The fourth-order valence-corrected chi connectivity index (χ4v) is 14.7. The number of nitrogens with one attached hydrogen (secondary N) is 9. The fraction of sp³-hybridized carbons (Fsp3) is 0.380. The molecule has 7 atom stereocenters. The zero-order valence-corrected chi connectivity index (χ0v) is 56.2. The molecule has 10 rings (SSSR count). The highest BCUT2D eigenvalue weighted by Gasteiger charge is 2.48. The van der Waals surface area contributed by atoms with E-state index >= 15 is 19.2 Å². The fourth-order valence-electron chi connectivity index (χ4n) is 12.8. The Hall–Kier alpha value is -9.80. The molecular formula is C71H81F2N13O11S2. The van der Waals surface area contributed by atoms with Gasteiger partial charge in [0, 0.05) is 95.1 Å². The number of hydrogen-bond acceptors (Lipinski definition) is 14. The van der Waals surface area contributed by atoms with Crippen LogP contribution in [0.3, 0.4) is 0 Å². The summed E-state index contributed by atoms with van der Waals surface area (Å²) in [6.45, 7) is 0.626. The summed E-state index contributed by atoms with van der Waals surface area (Å²) in [6.07, 6.45) is 4.31. The summed E-state index contributed by atoms with van der Waals surface area (Å²) < 4.78 is 29.9. The van der Waals surface area contributed by atoms with Crippen molar-refractivity contribution in [1.29, 1.82) is 0 Å². The lowest BCUT2D eigenvalue weighted by Crippen LogP contribution is -2.62. The highest BCUT2D eigenvalue weighted by Crippen LogP contribution is 2.33. The van der Waals surface area contributed by atoms with Crippen molar-refractivity contribution in [3.05, 3.63) is 167 Å². The van der Waals surface area contributed by atoms with Crippen molar-refractivity contribution in [2.24, 2.45) is 11.5 Å². The minimum atomic E-state index is -1.58. The molecule has 24 nitrogen and oxygen atoms in total. The first-order valence-electron chi connectivity index (χ1n) is 32.9. The highest BCUT2D eigenvalue weighted by atomic mass is 32.2. The number of nitrogens with zero attached hydrogens (tertiary/aromatic N) is 2. The molecule has 10 amide bonds. The van der Waals surface area contributed by atoms with Gasteiger partial charge in [-0.3, -0.25) is 47.9 Å². The van der Waals surface area contributed by atoms with Crippen molar-refractivity contribution in [1.82, 2.24) is 52.1 Å². The quantitative estimate of drug-likeness (QED) is 0.0807. The maximum atomic E-state index is 15.3. The van der Waals surface area contributed by atoms with Gasteiger partial charge in [0.1, 0.15) is 65.7 Å². The molecule has 3 aliphatic heterocycles. The summed E-state index contributed by atoms with van der Waals surface area (Å²) in [5.74, 6) is -7.26. The lowest BCUT2D eigenvalue weighted by molar-refractivity contribution is -0.147. The first kappa shape index (κ1) is 72.0. The smallest absolute Gasteiger partial charge is 0.250 e. The van der Waals surface area contributed by atoms with Gasteiger partial charge in [-0.1, -0.05) is 54.6 Å². The zero-order chi connectivity index (χ0) is 70.3.